The lowest BCUT2D eigenvalue weighted by atomic mass is 9.95. The van der Waals surface area contributed by atoms with Crippen LogP contribution in [0.25, 0.3) is 5.65 Å². The highest BCUT2D eigenvalue weighted by Crippen LogP contribution is 2.30. The van der Waals surface area contributed by atoms with Gasteiger partial charge in [-0.05, 0) is 46.1 Å². The fourth-order valence-electron chi connectivity index (χ4n) is 4.53. The van der Waals surface area contributed by atoms with Crippen molar-refractivity contribution in [1.82, 2.24) is 24.4 Å². The van der Waals surface area contributed by atoms with Crippen LogP contribution in [0.3, 0.4) is 0 Å². The van der Waals surface area contributed by atoms with E-state index in [1.165, 1.54) is 0 Å². The zero-order valence-electron chi connectivity index (χ0n) is 20.2. The second-order valence-corrected chi connectivity index (χ2v) is 9.65. The fraction of sp³-hybridized carbons (Fsp3) is 0.667. The van der Waals surface area contributed by atoms with Gasteiger partial charge in [0.1, 0.15) is 0 Å². The van der Waals surface area contributed by atoms with Gasteiger partial charge in [0.25, 0.3) is 0 Å². The molecule has 3 heterocycles. The maximum atomic E-state index is 12.6. The molecule has 7 nitrogen and oxygen atoms in total. The van der Waals surface area contributed by atoms with Crippen molar-refractivity contribution in [1.29, 1.82) is 0 Å². The molecule has 1 atom stereocenters. The standard InChI is InChI=1S/C24H37N5O2/c1-8-27(9-2)22(30)11-10-19-16(3)25-21-14-20(26-29(21)17(19)4)18-12-13-28(15-18)23(31)24(5,6)7/h14,18H,8-13,15H2,1-7H3/t18-/m0/s1. The number of carbonyl (C=O) groups excluding carboxylic acids is 2. The molecule has 0 N–H and O–H groups in total. The molecular formula is C24H37N5O2. The van der Waals surface area contributed by atoms with Gasteiger partial charge in [-0.2, -0.15) is 5.10 Å². The molecular weight excluding hydrogens is 390 g/mol. The average Bonchev–Trinajstić information content (AvgIpc) is 3.34. The largest absolute Gasteiger partial charge is 0.343 e. The molecule has 1 aliphatic heterocycles. The predicted octanol–water partition coefficient (Wildman–Crippen LogP) is 3.51. The SMILES string of the molecule is CCN(CC)C(=O)CCc1c(C)nc2cc([C@H]3CCN(C(=O)C(C)(C)C)C3)nn2c1C. The van der Waals surface area contributed by atoms with Crippen molar-refractivity contribution in [2.45, 2.75) is 73.6 Å². The van der Waals surface area contributed by atoms with Gasteiger partial charge in [0, 0.05) is 61.4 Å². The number of fused-ring (bicyclic) bond motifs is 1. The number of likely N-dealkylation sites (tertiary alicyclic amines) is 1. The molecule has 7 heteroatoms. The first kappa shape index (κ1) is 23.2. The van der Waals surface area contributed by atoms with E-state index in [1.54, 1.807) is 0 Å². The molecule has 0 aromatic carbocycles. The van der Waals surface area contributed by atoms with Crippen molar-refractivity contribution >= 4 is 17.5 Å². The van der Waals surface area contributed by atoms with Gasteiger partial charge in [0.2, 0.25) is 11.8 Å². The number of rotatable bonds is 6. The minimum absolute atomic E-state index is 0.180. The fourth-order valence-corrected chi connectivity index (χ4v) is 4.53. The van der Waals surface area contributed by atoms with Gasteiger partial charge in [-0.3, -0.25) is 9.59 Å². The van der Waals surface area contributed by atoms with Crippen molar-refractivity contribution in [3.05, 3.63) is 28.7 Å². The Labute approximate surface area is 185 Å². The van der Waals surface area contributed by atoms with E-state index in [0.717, 1.165) is 54.3 Å². The van der Waals surface area contributed by atoms with Crippen molar-refractivity contribution in [2.75, 3.05) is 26.2 Å². The average molecular weight is 428 g/mol. The Morgan fingerprint density at radius 2 is 1.87 bits per heavy atom. The molecule has 2 aromatic heterocycles. The van der Waals surface area contributed by atoms with E-state index in [1.807, 2.05) is 55.9 Å². The van der Waals surface area contributed by atoms with Crippen LogP contribution in [0.5, 0.6) is 0 Å². The van der Waals surface area contributed by atoms with E-state index in [2.05, 4.69) is 13.0 Å². The van der Waals surface area contributed by atoms with E-state index >= 15 is 0 Å². The number of hydrogen-bond donors (Lipinski definition) is 0. The summed E-state index contributed by atoms with van der Waals surface area (Å²) in [7, 11) is 0. The summed E-state index contributed by atoms with van der Waals surface area (Å²) < 4.78 is 1.91. The van der Waals surface area contributed by atoms with Crippen LogP contribution in [0, 0.1) is 19.3 Å². The Morgan fingerprint density at radius 1 is 1.19 bits per heavy atom. The van der Waals surface area contributed by atoms with Gasteiger partial charge in [-0.1, -0.05) is 20.8 Å². The summed E-state index contributed by atoms with van der Waals surface area (Å²) in [6, 6.07) is 2.06. The predicted molar refractivity (Wildman–Crippen MR) is 122 cm³/mol. The van der Waals surface area contributed by atoms with Crippen molar-refractivity contribution < 1.29 is 9.59 Å². The van der Waals surface area contributed by atoms with Crippen LogP contribution in [0.4, 0.5) is 0 Å². The normalized spacial score (nSPS) is 16.9. The van der Waals surface area contributed by atoms with E-state index in [4.69, 9.17) is 10.1 Å². The van der Waals surface area contributed by atoms with Crippen molar-refractivity contribution in [2.24, 2.45) is 5.41 Å². The molecule has 1 fully saturated rings. The third-order valence-corrected chi connectivity index (χ3v) is 6.42. The quantitative estimate of drug-likeness (QED) is 0.707. The number of amides is 2. The molecule has 0 aliphatic carbocycles. The molecule has 3 rings (SSSR count). The molecule has 2 aromatic rings. The summed E-state index contributed by atoms with van der Waals surface area (Å²) in [4.78, 5) is 33.7. The van der Waals surface area contributed by atoms with Crippen LogP contribution in [0.1, 0.15) is 76.0 Å². The first-order valence-electron chi connectivity index (χ1n) is 11.5. The highest BCUT2D eigenvalue weighted by atomic mass is 16.2. The Balaban J connectivity index is 1.80. The summed E-state index contributed by atoms with van der Waals surface area (Å²) in [6.45, 7) is 17.0. The van der Waals surface area contributed by atoms with E-state index in [0.29, 0.717) is 19.4 Å². The highest BCUT2D eigenvalue weighted by molar-refractivity contribution is 5.81. The van der Waals surface area contributed by atoms with Crippen LogP contribution < -0.4 is 0 Å². The highest BCUT2D eigenvalue weighted by Gasteiger charge is 2.34. The molecule has 0 unspecified atom stereocenters. The van der Waals surface area contributed by atoms with Gasteiger partial charge in [-0.25, -0.2) is 9.50 Å². The topological polar surface area (TPSA) is 70.8 Å². The van der Waals surface area contributed by atoms with Crippen LogP contribution in [-0.2, 0) is 16.0 Å². The maximum absolute atomic E-state index is 12.6. The lowest BCUT2D eigenvalue weighted by Crippen LogP contribution is -2.37. The molecule has 0 bridgehead atoms. The Bertz CT molecular complexity index is 968. The van der Waals surface area contributed by atoms with Gasteiger partial charge < -0.3 is 9.80 Å². The first-order chi connectivity index (χ1) is 14.6. The molecule has 1 aliphatic rings. The molecule has 1 saturated heterocycles. The van der Waals surface area contributed by atoms with Crippen LogP contribution in [0.2, 0.25) is 0 Å². The minimum atomic E-state index is -0.361. The summed E-state index contributed by atoms with van der Waals surface area (Å²) in [5.74, 6) is 0.615. The molecule has 2 amide bonds. The summed E-state index contributed by atoms with van der Waals surface area (Å²) in [5.41, 5.74) is 4.57. The first-order valence-corrected chi connectivity index (χ1v) is 11.5. The zero-order valence-corrected chi connectivity index (χ0v) is 20.2. The van der Waals surface area contributed by atoms with Crippen LogP contribution in [-0.4, -0.2) is 62.4 Å². The van der Waals surface area contributed by atoms with E-state index in [9.17, 15) is 9.59 Å². The molecule has 31 heavy (non-hydrogen) atoms. The Hall–Kier alpha value is -2.44. The van der Waals surface area contributed by atoms with Crippen molar-refractivity contribution in [3.63, 3.8) is 0 Å². The van der Waals surface area contributed by atoms with Gasteiger partial charge in [0.15, 0.2) is 5.65 Å². The summed E-state index contributed by atoms with van der Waals surface area (Å²) in [6.07, 6.45) is 2.08. The van der Waals surface area contributed by atoms with E-state index < -0.39 is 0 Å². The Kier molecular flexibility index (Phi) is 6.72. The molecule has 0 radical (unpaired) electrons. The molecule has 0 saturated carbocycles. The summed E-state index contributed by atoms with van der Waals surface area (Å²) in [5, 5.41) is 4.87. The maximum Gasteiger partial charge on any atom is 0.227 e. The zero-order chi connectivity index (χ0) is 22.9. The number of nitrogens with zero attached hydrogens (tertiary/aromatic N) is 5. The van der Waals surface area contributed by atoms with Gasteiger partial charge in [0.05, 0.1) is 5.69 Å². The van der Waals surface area contributed by atoms with Crippen molar-refractivity contribution in [3.8, 4) is 0 Å². The van der Waals surface area contributed by atoms with Gasteiger partial charge >= 0.3 is 0 Å². The number of aryl methyl sites for hydroxylation is 2. The third-order valence-electron chi connectivity index (χ3n) is 6.42. The molecule has 170 valence electrons. The number of hydrogen-bond acceptors (Lipinski definition) is 4. The number of carbonyl (C=O) groups is 2. The monoisotopic (exact) mass is 427 g/mol. The lowest BCUT2D eigenvalue weighted by Gasteiger charge is -2.25. The number of aromatic nitrogens is 3. The molecule has 0 spiro atoms. The second-order valence-electron chi connectivity index (χ2n) is 9.65. The van der Waals surface area contributed by atoms with Crippen LogP contribution >= 0.6 is 0 Å². The Morgan fingerprint density at radius 3 is 2.48 bits per heavy atom. The van der Waals surface area contributed by atoms with Crippen LogP contribution in [0.15, 0.2) is 6.07 Å². The van der Waals surface area contributed by atoms with E-state index in [-0.39, 0.29) is 23.1 Å². The second kappa shape index (κ2) is 8.97. The smallest absolute Gasteiger partial charge is 0.227 e. The van der Waals surface area contributed by atoms with Gasteiger partial charge in [-0.15, -0.1) is 0 Å². The lowest BCUT2D eigenvalue weighted by molar-refractivity contribution is -0.138. The third kappa shape index (κ3) is 4.75. The summed E-state index contributed by atoms with van der Waals surface area (Å²) >= 11 is 0. The minimum Gasteiger partial charge on any atom is -0.343 e.